The van der Waals surface area contributed by atoms with Crippen molar-refractivity contribution < 1.29 is 4.42 Å². The summed E-state index contributed by atoms with van der Waals surface area (Å²) in [6.45, 7) is 8.22. The summed E-state index contributed by atoms with van der Waals surface area (Å²) in [6.07, 6.45) is 2.26. The predicted octanol–water partition coefficient (Wildman–Crippen LogP) is 3.32. The number of hydrogen-bond donors (Lipinski definition) is 1. The van der Waals surface area contributed by atoms with E-state index >= 15 is 0 Å². The van der Waals surface area contributed by atoms with Crippen LogP contribution in [-0.2, 0) is 0 Å². The molecule has 0 aliphatic carbocycles. The predicted molar refractivity (Wildman–Crippen MR) is 86.8 cm³/mol. The van der Waals surface area contributed by atoms with E-state index in [1.807, 2.05) is 6.92 Å². The quantitative estimate of drug-likeness (QED) is 0.938. The maximum atomic E-state index is 5.56. The normalized spacial score (nSPS) is 18.3. The van der Waals surface area contributed by atoms with Crippen molar-refractivity contribution in [1.29, 1.82) is 0 Å². The van der Waals surface area contributed by atoms with Crippen LogP contribution in [0.3, 0.4) is 0 Å². The van der Waals surface area contributed by atoms with Crippen LogP contribution in [0.15, 0.2) is 28.7 Å². The number of nitrogens with one attached hydrogen (secondary N) is 1. The first-order valence-corrected chi connectivity index (χ1v) is 7.99. The molecule has 22 heavy (non-hydrogen) atoms. The van der Waals surface area contributed by atoms with E-state index in [2.05, 4.69) is 58.5 Å². The van der Waals surface area contributed by atoms with Crippen LogP contribution < -0.4 is 5.32 Å². The molecule has 3 rings (SSSR count). The first kappa shape index (κ1) is 15.0. The van der Waals surface area contributed by atoms with Crippen LogP contribution >= 0.6 is 0 Å². The Kier molecular flexibility index (Phi) is 4.43. The van der Waals surface area contributed by atoms with Crippen molar-refractivity contribution in [2.75, 3.05) is 18.4 Å². The second-order valence-corrected chi connectivity index (χ2v) is 6.10. The third-order valence-corrected chi connectivity index (χ3v) is 4.48. The minimum atomic E-state index is 0.195. The zero-order chi connectivity index (χ0) is 15.5. The minimum Gasteiger partial charge on any atom is -0.424 e. The molecule has 1 atom stereocenters. The monoisotopic (exact) mass is 300 g/mol. The Morgan fingerprint density at radius 1 is 1.18 bits per heavy atom. The van der Waals surface area contributed by atoms with Gasteiger partial charge in [0.1, 0.15) is 0 Å². The molecule has 1 aliphatic heterocycles. The molecule has 1 unspecified atom stereocenters. The number of likely N-dealkylation sites (tertiary alicyclic amines) is 1. The lowest BCUT2D eigenvalue weighted by Gasteiger charge is -2.35. The Bertz CT molecular complexity index is 617. The lowest BCUT2D eigenvalue weighted by atomic mass is 10.0. The highest BCUT2D eigenvalue weighted by atomic mass is 16.4. The average Bonchev–Trinajstić information content (AvgIpc) is 2.96. The number of anilines is 1. The van der Waals surface area contributed by atoms with E-state index in [0.29, 0.717) is 11.9 Å². The highest BCUT2D eigenvalue weighted by Gasteiger charge is 2.26. The van der Waals surface area contributed by atoms with E-state index in [0.717, 1.165) is 31.8 Å². The van der Waals surface area contributed by atoms with Crippen LogP contribution in [0.2, 0.25) is 0 Å². The number of rotatable bonds is 4. The molecule has 0 bridgehead atoms. The van der Waals surface area contributed by atoms with Crippen LogP contribution in [0.1, 0.15) is 43.2 Å². The van der Waals surface area contributed by atoms with E-state index in [-0.39, 0.29) is 6.04 Å². The molecule has 2 aromatic rings. The summed E-state index contributed by atoms with van der Waals surface area (Å²) in [5, 5.41) is 11.7. The highest BCUT2D eigenvalue weighted by Crippen LogP contribution is 2.25. The summed E-state index contributed by atoms with van der Waals surface area (Å²) in [7, 11) is 0. The Labute approximate surface area is 131 Å². The Hall–Kier alpha value is -1.88. The van der Waals surface area contributed by atoms with Gasteiger partial charge in [0.15, 0.2) is 0 Å². The van der Waals surface area contributed by atoms with Gasteiger partial charge in [-0.25, -0.2) is 0 Å². The summed E-state index contributed by atoms with van der Waals surface area (Å²) in [6, 6.07) is 9.21. The largest absolute Gasteiger partial charge is 0.424 e. The van der Waals surface area contributed by atoms with E-state index in [1.165, 1.54) is 11.3 Å². The van der Waals surface area contributed by atoms with Crippen LogP contribution in [-0.4, -0.2) is 34.2 Å². The molecule has 0 amide bonds. The molecule has 1 N–H and O–H groups in total. The molecule has 0 radical (unpaired) electrons. The van der Waals surface area contributed by atoms with Crippen molar-refractivity contribution >= 4 is 5.69 Å². The summed E-state index contributed by atoms with van der Waals surface area (Å²) < 4.78 is 5.56. The standard InChI is InChI=1S/C17H24N4O/c1-12-6-4-5-7-16(12)18-15-8-10-21(11-9-15)13(2)17-20-19-14(3)22-17/h4-7,13,15,18H,8-11H2,1-3H3. The van der Waals surface area contributed by atoms with Crippen LogP contribution in [0.4, 0.5) is 5.69 Å². The van der Waals surface area contributed by atoms with Gasteiger partial charge in [0.05, 0.1) is 6.04 Å². The number of aromatic nitrogens is 2. The maximum absolute atomic E-state index is 5.56. The number of piperidine rings is 1. The van der Waals surface area contributed by atoms with Gasteiger partial charge < -0.3 is 9.73 Å². The summed E-state index contributed by atoms with van der Waals surface area (Å²) in [4.78, 5) is 2.42. The topological polar surface area (TPSA) is 54.2 Å². The van der Waals surface area contributed by atoms with Gasteiger partial charge in [-0.05, 0) is 38.3 Å². The third kappa shape index (κ3) is 3.30. The molecule has 1 saturated heterocycles. The lowest BCUT2D eigenvalue weighted by Crippen LogP contribution is -2.40. The molecule has 118 valence electrons. The van der Waals surface area contributed by atoms with Crippen molar-refractivity contribution in [3.63, 3.8) is 0 Å². The summed E-state index contributed by atoms with van der Waals surface area (Å²) in [5.74, 6) is 1.36. The van der Waals surface area contributed by atoms with E-state index in [4.69, 9.17) is 4.42 Å². The van der Waals surface area contributed by atoms with Crippen molar-refractivity contribution in [2.24, 2.45) is 0 Å². The minimum absolute atomic E-state index is 0.195. The molecule has 0 saturated carbocycles. The first-order chi connectivity index (χ1) is 10.6. The molecular formula is C17H24N4O. The lowest BCUT2D eigenvalue weighted by molar-refractivity contribution is 0.146. The van der Waals surface area contributed by atoms with Gasteiger partial charge in [-0.1, -0.05) is 18.2 Å². The zero-order valence-corrected chi connectivity index (χ0v) is 13.5. The SMILES string of the molecule is Cc1nnc(C(C)N2CCC(Nc3ccccc3C)CC2)o1. The number of para-hydroxylation sites is 1. The zero-order valence-electron chi connectivity index (χ0n) is 13.5. The van der Waals surface area contributed by atoms with Gasteiger partial charge in [0.2, 0.25) is 11.8 Å². The molecule has 5 nitrogen and oxygen atoms in total. The van der Waals surface area contributed by atoms with Crippen molar-refractivity contribution in [2.45, 2.75) is 45.7 Å². The van der Waals surface area contributed by atoms with Crippen molar-refractivity contribution in [1.82, 2.24) is 15.1 Å². The van der Waals surface area contributed by atoms with Crippen LogP contribution in [0.5, 0.6) is 0 Å². The van der Waals surface area contributed by atoms with Gasteiger partial charge >= 0.3 is 0 Å². The number of hydrogen-bond acceptors (Lipinski definition) is 5. The highest BCUT2D eigenvalue weighted by molar-refractivity contribution is 5.50. The molecule has 1 aliphatic rings. The fourth-order valence-corrected chi connectivity index (χ4v) is 3.02. The van der Waals surface area contributed by atoms with Gasteiger partial charge in [-0.2, -0.15) is 0 Å². The summed E-state index contributed by atoms with van der Waals surface area (Å²) >= 11 is 0. The van der Waals surface area contributed by atoms with Crippen LogP contribution in [0, 0.1) is 13.8 Å². The number of aryl methyl sites for hydroxylation is 2. The third-order valence-electron chi connectivity index (χ3n) is 4.48. The molecule has 1 aromatic carbocycles. The molecule has 1 fully saturated rings. The second kappa shape index (κ2) is 6.48. The van der Waals surface area contributed by atoms with E-state index < -0.39 is 0 Å². The van der Waals surface area contributed by atoms with Crippen molar-refractivity contribution in [3.05, 3.63) is 41.6 Å². The molecular weight excluding hydrogens is 276 g/mol. The smallest absolute Gasteiger partial charge is 0.233 e. The summed E-state index contributed by atoms with van der Waals surface area (Å²) in [5.41, 5.74) is 2.56. The number of benzene rings is 1. The van der Waals surface area contributed by atoms with Gasteiger partial charge in [-0.15, -0.1) is 10.2 Å². The molecule has 5 heteroatoms. The van der Waals surface area contributed by atoms with Gasteiger partial charge in [-0.3, -0.25) is 4.90 Å². The van der Waals surface area contributed by atoms with E-state index in [1.54, 1.807) is 0 Å². The maximum Gasteiger partial charge on any atom is 0.233 e. The fourth-order valence-electron chi connectivity index (χ4n) is 3.02. The Morgan fingerprint density at radius 3 is 2.55 bits per heavy atom. The first-order valence-electron chi connectivity index (χ1n) is 7.99. The van der Waals surface area contributed by atoms with E-state index in [9.17, 15) is 0 Å². The molecule has 0 spiro atoms. The fraction of sp³-hybridized carbons (Fsp3) is 0.529. The number of nitrogens with zero attached hydrogens (tertiary/aromatic N) is 3. The molecule has 1 aromatic heterocycles. The Morgan fingerprint density at radius 2 is 1.91 bits per heavy atom. The van der Waals surface area contributed by atoms with Gasteiger partial charge in [0.25, 0.3) is 0 Å². The second-order valence-electron chi connectivity index (χ2n) is 6.10. The Balaban J connectivity index is 1.55. The molecule has 2 heterocycles. The van der Waals surface area contributed by atoms with Gasteiger partial charge in [0, 0.05) is 31.7 Å². The average molecular weight is 300 g/mol. The van der Waals surface area contributed by atoms with Crippen molar-refractivity contribution in [3.8, 4) is 0 Å². The van der Waals surface area contributed by atoms with Crippen LogP contribution in [0.25, 0.3) is 0 Å².